The Morgan fingerprint density at radius 2 is 2.14 bits per heavy atom. The molecule has 5 nitrogen and oxygen atoms in total. The minimum atomic E-state index is -0.741. The molecule has 1 heterocycles. The minimum Gasteiger partial charge on any atom is -0.388 e. The van der Waals surface area contributed by atoms with Gasteiger partial charge in [-0.15, -0.1) is 0 Å². The number of aliphatic hydroxyl groups is 1. The first kappa shape index (κ1) is 14.8. The molecule has 0 aliphatic heterocycles. The van der Waals surface area contributed by atoms with Gasteiger partial charge in [-0.3, -0.25) is 4.79 Å². The van der Waals surface area contributed by atoms with E-state index < -0.39 is 5.60 Å². The van der Waals surface area contributed by atoms with Crippen LogP contribution in [0.1, 0.15) is 42.5 Å². The Bertz CT molecular complexity index is 631. The summed E-state index contributed by atoms with van der Waals surface area (Å²) in [5.74, 6) is -0.152. The summed E-state index contributed by atoms with van der Waals surface area (Å²) in [6.45, 7) is 0.320. The lowest BCUT2D eigenvalue weighted by molar-refractivity contribution is 0.00526. The zero-order valence-electron chi connectivity index (χ0n) is 12.5. The van der Waals surface area contributed by atoms with Gasteiger partial charge in [-0.05, 0) is 25.0 Å². The van der Waals surface area contributed by atoms with E-state index in [0.717, 1.165) is 36.9 Å². The van der Waals surface area contributed by atoms with Crippen LogP contribution in [0.25, 0.3) is 11.3 Å². The topological polar surface area (TPSA) is 78.0 Å². The number of benzene rings is 1. The lowest BCUT2D eigenvalue weighted by atomic mass is 9.85. The molecule has 2 aromatic rings. The van der Waals surface area contributed by atoms with E-state index in [9.17, 15) is 9.90 Å². The molecule has 1 fully saturated rings. The summed E-state index contributed by atoms with van der Waals surface area (Å²) in [7, 11) is 0. The monoisotopic (exact) mass is 299 g/mol. The van der Waals surface area contributed by atoms with Crippen LogP contribution in [-0.2, 0) is 0 Å². The summed E-state index contributed by atoms with van der Waals surface area (Å²) < 4.78 is 0. The predicted molar refractivity (Wildman–Crippen MR) is 84.4 cm³/mol. The van der Waals surface area contributed by atoms with E-state index >= 15 is 0 Å². The van der Waals surface area contributed by atoms with Crippen molar-refractivity contribution in [3.8, 4) is 11.3 Å². The highest BCUT2D eigenvalue weighted by Crippen LogP contribution is 2.27. The summed E-state index contributed by atoms with van der Waals surface area (Å²) in [5.41, 5.74) is 1.64. The van der Waals surface area contributed by atoms with Crippen molar-refractivity contribution in [3.63, 3.8) is 0 Å². The number of aromatic nitrogens is 2. The van der Waals surface area contributed by atoms with E-state index in [2.05, 4.69) is 15.3 Å². The van der Waals surface area contributed by atoms with E-state index in [1.54, 1.807) is 18.6 Å². The second-order valence-corrected chi connectivity index (χ2v) is 6.01. The second kappa shape index (κ2) is 6.32. The maximum Gasteiger partial charge on any atom is 0.251 e. The van der Waals surface area contributed by atoms with Crippen LogP contribution >= 0.6 is 0 Å². The predicted octanol–water partition coefficient (Wildman–Crippen LogP) is 2.50. The summed E-state index contributed by atoms with van der Waals surface area (Å²) in [6.07, 6.45) is 8.09. The summed E-state index contributed by atoms with van der Waals surface area (Å²) >= 11 is 0. The van der Waals surface area contributed by atoms with Crippen LogP contribution in [0.15, 0.2) is 36.8 Å². The van der Waals surface area contributed by atoms with Gasteiger partial charge in [-0.2, -0.15) is 0 Å². The lowest BCUT2D eigenvalue weighted by Gasteiger charge is -2.32. The molecule has 1 amide bonds. The average molecular weight is 299 g/mol. The van der Waals surface area contributed by atoms with Gasteiger partial charge in [0.05, 0.1) is 23.8 Å². The molecule has 0 radical (unpaired) electrons. The molecular formula is C17H21N3O2. The first-order chi connectivity index (χ1) is 10.7. The SMILES string of the molecule is O=C(NCC1(O)CCCCC1)c1cccc(-c2cnc[nH]2)c1. The maximum atomic E-state index is 12.3. The van der Waals surface area contributed by atoms with Crippen molar-refractivity contribution in [3.05, 3.63) is 42.4 Å². The van der Waals surface area contributed by atoms with Gasteiger partial charge in [0, 0.05) is 17.7 Å². The van der Waals surface area contributed by atoms with Gasteiger partial charge >= 0.3 is 0 Å². The average Bonchev–Trinajstić information content (AvgIpc) is 3.08. The van der Waals surface area contributed by atoms with E-state index in [-0.39, 0.29) is 5.91 Å². The Morgan fingerprint density at radius 3 is 2.86 bits per heavy atom. The Kier molecular flexibility index (Phi) is 4.24. The Morgan fingerprint density at radius 1 is 1.32 bits per heavy atom. The van der Waals surface area contributed by atoms with Crippen LogP contribution < -0.4 is 5.32 Å². The number of aromatic amines is 1. The number of nitrogens with one attached hydrogen (secondary N) is 2. The van der Waals surface area contributed by atoms with E-state index in [4.69, 9.17) is 0 Å². The van der Waals surface area contributed by atoms with Gasteiger partial charge in [-0.1, -0.05) is 31.4 Å². The number of amides is 1. The van der Waals surface area contributed by atoms with E-state index in [1.807, 2.05) is 18.2 Å². The van der Waals surface area contributed by atoms with Crippen LogP contribution in [0.5, 0.6) is 0 Å². The Labute approximate surface area is 129 Å². The first-order valence-corrected chi connectivity index (χ1v) is 7.76. The van der Waals surface area contributed by atoms with Gasteiger partial charge in [0.25, 0.3) is 5.91 Å². The number of H-pyrrole nitrogens is 1. The maximum absolute atomic E-state index is 12.3. The third-order valence-electron chi connectivity index (χ3n) is 4.30. The quantitative estimate of drug-likeness (QED) is 0.811. The van der Waals surface area contributed by atoms with Gasteiger partial charge in [0.1, 0.15) is 0 Å². The molecule has 0 unspecified atom stereocenters. The van der Waals surface area contributed by atoms with E-state index in [1.165, 1.54) is 6.42 Å². The van der Waals surface area contributed by atoms with Crippen LogP contribution in [0.3, 0.4) is 0 Å². The molecule has 0 atom stereocenters. The van der Waals surface area contributed by atoms with Gasteiger partial charge in [0.2, 0.25) is 0 Å². The zero-order chi connectivity index (χ0) is 15.4. The van der Waals surface area contributed by atoms with Crippen LogP contribution in [-0.4, -0.2) is 33.1 Å². The van der Waals surface area contributed by atoms with Crippen molar-refractivity contribution in [1.29, 1.82) is 0 Å². The van der Waals surface area contributed by atoms with Gasteiger partial charge in [-0.25, -0.2) is 4.98 Å². The van der Waals surface area contributed by atoms with Crippen molar-refractivity contribution < 1.29 is 9.90 Å². The van der Waals surface area contributed by atoms with Crippen LogP contribution in [0, 0.1) is 0 Å². The minimum absolute atomic E-state index is 0.152. The van der Waals surface area contributed by atoms with Crippen LogP contribution in [0.4, 0.5) is 0 Å². The van der Waals surface area contributed by atoms with Crippen molar-refractivity contribution in [2.45, 2.75) is 37.7 Å². The number of rotatable bonds is 4. The molecule has 1 aromatic carbocycles. The number of hydrogen-bond donors (Lipinski definition) is 3. The molecule has 5 heteroatoms. The molecular weight excluding hydrogens is 278 g/mol. The Balaban J connectivity index is 1.66. The molecule has 3 rings (SSSR count). The standard InChI is InChI=1S/C17H21N3O2/c21-16(19-11-17(22)7-2-1-3-8-17)14-6-4-5-13(9-14)15-10-18-12-20-15/h4-6,9-10,12,22H,1-3,7-8,11H2,(H,18,20)(H,19,21). The van der Waals surface area contributed by atoms with Crippen LogP contribution in [0.2, 0.25) is 0 Å². The Hall–Kier alpha value is -2.14. The fraction of sp³-hybridized carbons (Fsp3) is 0.412. The largest absolute Gasteiger partial charge is 0.388 e. The fourth-order valence-corrected chi connectivity index (χ4v) is 2.98. The van der Waals surface area contributed by atoms with Gasteiger partial charge in [0.15, 0.2) is 0 Å². The number of hydrogen-bond acceptors (Lipinski definition) is 3. The van der Waals surface area contributed by atoms with Gasteiger partial charge < -0.3 is 15.4 Å². The van der Waals surface area contributed by atoms with Crippen molar-refractivity contribution in [2.75, 3.05) is 6.54 Å². The second-order valence-electron chi connectivity index (χ2n) is 6.01. The van der Waals surface area contributed by atoms with Crippen molar-refractivity contribution >= 4 is 5.91 Å². The molecule has 0 bridgehead atoms. The first-order valence-electron chi connectivity index (χ1n) is 7.76. The summed E-state index contributed by atoms with van der Waals surface area (Å²) in [4.78, 5) is 19.3. The molecule has 1 saturated carbocycles. The number of imidazole rings is 1. The molecule has 1 aliphatic carbocycles. The highest BCUT2D eigenvalue weighted by atomic mass is 16.3. The molecule has 3 N–H and O–H groups in total. The third kappa shape index (κ3) is 3.36. The smallest absolute Gasteiger partial charge is 0.251 e. The van der Waals surface area contributed by atoms with Crippen molar-refractivity contribution in [2.24, 2.45) is 0 Å². The lowest BCUT2D eigenvalue weighted by Crippen LogP contribution is -2.44. The molecule has 1 aromatic heterocycles. The third-order valence-corrected chi connectivity index (χ3v) is 4.30. The number of carbonyl (C=O) groups is 1. The highest BCUT2D eigenvalue weighted by Gasteiger charge is 2.29. The summed E-state index contributed by atoms with van der Waals surface area (Å²) in [5, 5.41) is 13.3. The molecule has 22 heavy (non-hydrogen) atoms. The molecule has 116 valence electrons. The number of carbonyl (C=O) groups excluding carboxylic acids is 1. The zero-order valence-corrected chi connectivity index (χ0v) is 12.5. The summed E-state index contributed by atoms with van der Waals surface area (Å²) in [6, 6.07) is 7.38. The number of nitrogens with zero attached hydrogens (tertiary/aromatic N) is 1. The molecule has 0 saturated heterocycles. The molecule has 1 aliphatic rings. The fourth-order valence-electron chi connectivity index (χ4n) is 2.98. The molecule has 0 spiro atoms. The normalized spacial score (nSPS) is 17.1. The van der Waals surface area contributed by atoms with E-state index in [0.29, 0.717) is 12.1 Å². The van der Waals surface area contributed by atoms with Crippen molar-refractivity contribution in [1.82, 2.24) is 15.3 Å². The highest BCUT2D eigenvalue weighted by molar-refractivity contribution is 5.95.